The van der Waals surface area contributed by atoms with E-state index in [0.717, 1.165) is 32.5 Å². The standard InChI is InChI=1S/C22H30O3/c1-20-8-4-3-5-16(20)13-15(14-23)19-17(20)6-9-21(2)18(19)7-10-22(21)24-11-12-25-22/h3,5,13-15,17-19H,4,6-12H2,1-2H3/t15?,17-,18-,19+,20-,21-/m0/s1. The highest BCUT2D eigenvalue weighted by atomic mass is 16.7. The van der Waals surface area contributed by atoms with Crippen molar-refractivity contribution in [3.05, 3.63) is 23.8 Å². The van der Waals surface area contributed by atoms with Crippen molar-refractivity contribution in [1.29, 1.82) is 0 Å². The fourth-order valence-electron chi connectivity index (χ4n) is 7.38. The lowest BCUT2D eigenvalue weighted by Gasteiger charge is -2.59. The number of carbonyl (C=O) groups is 1. The molecule has 1 heterocycles. The fraction of sp³-hybridized carbons (Fsp3) is 0.773. The van der Waals surface area contributed by atoms with E-state index in [4.69, 9.17) is 9.47 Å². The van der Waals surface area contributed by atoms with Crippen molar-refractivity contribution in [1.82, 2.24) is 0 Å². The van der Waals surface area contributed by atoms with Gasteiger partial charge in [0.05, 0.1) is 13.2 Å². The lowest BCUT2D eigenvalue weighted by atomic mass is 9.46. The van der Waals surface area contributed by atoms with E-state index < -0.39 is 0 Å². The first-order chi connectivity index (χ1) is 12.0. The Kier molecular flexibility index (Phi) is 3.44. The summed E-state index contributed by atoms with van der Waals surface area (Å²) in [5.41, 5.74) is 1.72. The van der Waals surface area contributed by atoms with Gasteiger partial charge < -0.3 is 14.3 Å². The van der Waals surface area contributed by atoms with Crippen LogP contribution in [0.15, 0.2) is 23.8 Å². The molecule has 3 nitrogen and oxygen atoms in total. The number of rotatable bonds is 1. The van der Waals surface area contributed by atoms with Gasteiger partial charge in [0.2, 0.25) is 0 Å². The van der Waals surface area contributed by atoms with Crippen molar-refractivity contribution in [2.24, 2.45) is 34.5 Å². The molecule has 4 aliphatic carbocycles. The number of hydrogen-bond acceptors (Lipinski definition) is 3. The molecule has 0 amide bonds. The normalized spacial score (nSPS) is 50.1. The van der Waals surface area contributed by atoms with Crippen LogP contribution in [0.3, 0.4) is 0 Å². The molecule has 0 aromatic rings. The Labute approximate surface area is 150 Å². The van der Waals surface area contributed by atoms with Gasteiger partial charge in [-0.1, -0.05) is 32.1 Å². The van der Waals surface area contributed by atoms with Crippen LogP contribution < -0.4 is 0 Å². The molecule has 25 heavy (non-hydrogen) atoms. The van der Waals surface area contributed by atoms with E-state index in [1.54, 1.807) is 0 Å². The van der Waals surface area contributed by atoms with Gasteiger partial charge >= 0.3 is 0 Å². The van der Waals surface area contributed by atoms with Crippen molar-refractivity contribution in [3.63, 3.8) is 0 Å². The van der Waals surface area contributed by atoms with Gasteiger partial charge in [0.25, 0.3) is 0 Å². The topological polar surface area (TPSA) is 35.5 Å². The van der Waals surface area contributed by atoms with Crippen LogP contribution >= 0.6 is 0 Å². The molecule has 3 heteroatoms. The zero-order valence-corrected chi connectivity index (χ0v) is 15.5. The molecule has 0 bridgehead atoms. The van der Waals surface area contributed by atoms with Gasteiger partial charge in [-0.3, -0.25) is 0 Å². The molecule has 0 radical (unpaired) electrons. The third-order valence-electron chi connectivity index (χ3n) is 8.71. The summed E-state index contributed by atoms with van der Waals surface area (Å²) in [4.78, 5) is 12.1. The highest BCUT2D eigenvalue weighted by Gasteiger charge is 2.67. The Hall–Kier alpha value is -0.930. The van der Waals surface area contributed by atoms with E-state index in [-0.39, 0.29) is 22.5 Å². The lowest BCUT2D eigenvalue weighted by Crippen LogP contribution is -2.56. The zero-order chi connectivity index (χ0) is 17.3. The summed E-state index contributed by atoms with van der Waals surface area (Å²) in [6, 6.07) is 0. The smallest absolute Gasteiger partial charge is 0.174 e. The van der Waals surface area contributed by atoms with Crippen LogP contribution in [0.1, 0.15) is 52.4 Å². The highest BCUT2D eigenvalue weighted by molar-refractivity contribution is 5.60. The van der Waals surface area contributed by atoms with E-state index in [1.807, 2.05) is 0 Å². The average Bonchev–Trinajstić information content (AvgIpc) is 3.21. The zero-order valence-electron chi connectivity index (χ0n) is 15.5. The minimum absolute atomic E-state index is 0.0528. The van der Waals surface area contributed by atoms with Gasteiger partial charge in [0.15, 0.2) is 5.79 Å². The number of allylic oxidation sites excluding steroid dienone is 4. The predicted molar refractivity (Wildman–Crippen MR) is 95.8 cm³/mol. The molecule has 6 atom stereocenters. The third kappa shape index (κ3) is 1.92. The van der Waals surface area contributed by atoms with Crippen LogP contribution in [0, 0.1) is 34.5 Å². The van der Waals surface area contributed by atoms with E-state index in [0.29, 0.717) is 17.8 Å². The SMILES string of the molecule is C[C@]12CCC=CC1=CC(C=O)[C@@H]1[C@@H]2CC[C@@]2(C)[C@H]1CCC21OCCO1. The molecule has 2 saturated carbocycles. The van der Waals surface area contributed by atoms with Crippen molar-refractivity contribution >= 4 is 6.29 Å². The minimum atomic E-state index is -0.382. The molecule has 1 spiro atoms. The second-order valence-electron chi connectivity index (χ2n) is 9.43. The summed E-state index contributed by atoms with van der Waals surface area (Å²) in [6.07, 6.45) is 15.0. The van der Waals surface area contributed by atoms with Gasteiger partial charge in [-0.05, 0) is 60.8 Å². The molecule has 5 rings (SSSR count). The number of hydrogen-bond donors (Lipinski definition) is 0. The van der Waals surface area contributed by atoms with Crippen molar-refractivity contribution in [2.75, 3.05) is 13.2 Å². The Balaban J connectivity index is 1.59. The molecule has 0 N–H and O–H groups in total. The van der Waals surface area contributed by atoms with Gasteiger partial charge in [0, 0.05) is 17.8 Å². The summed E-state index contributed by atoms with van der Waals surface area (Å²) >= 11 is 0. The minimum Gasteiger partial charge on any atom is -0.347 e. The number of carbonyl (C=O) groups excluding carboxylic acids is 1. The Morgan fingerprint density at radius 1 is 1.08 bits per heavy atom. The quantitative estimate of drug-likeness (QED) is 0.667. The maximum atomic E-state index is 12.1. The molecule has 5 aliphatic rings. The molecule has 1 saturated heterocycles. The molecular formula is C22H30O3. The first kappa shape index (κ1) is 16.3. The maximum absolute atomic E-state index is 12.1. The molecule has 3 fully saturated rings. The molecular weight excluding hydrogens is 312 g/mol. The molecule has 0 aromatic carbocycles. The van der Waals surface area contributed by atoms with Gasteiger partial charge in [0.1, 0.15) is 6.29 Å². The van der Waals surface area contributed by atoms with Crippen molar-refractivity contribution in [3.8, 4) is 0 Å². The Bertz CT molecular complexity index is 644. The summed E-state index contributed by atoms with van der Waals surface area (Å²) < 4.78 is 12.4. The second kappa shape index (κ2) is 5.29. The summed E-state index contributed by atoms with van der Waals surface area (Å²) in [5, 5.41) is 0. The fourth-order valence-corrected chi connectivity index (χ4v) is 7.38. The Morgan fingerprint density at radius 2 is 1.84 bits per heavy atom. The van der Waals surface area contributed by atoms with E-state index in [9.17, 15) is 4.79 Å². The van der Waals surface area contributed by atoms with Crippen LogP contribution in [-0.4, -0.2) is 25.3 Å². The van der Waals surface area contributed by atoms with Crippen LogP contribution in [-0.2, 0) is 14.3 Å². The Morgan fingerprint density at radius 3 is 2.60 bits per heavy atom. The summed E-state index contributed by atoms with van der Waals surface area (Å²) in [5.74, 6) is 1.26. The first-order valence-corrected chi connectivity index (χ1v) is 10.2. The highest BCUT2D eigenvalue weighted by Crippen LogP contribution is 2.68. The van der Waals surface area contributed by atoms with Crippen molar-refractivity contribution in [2.45, 2.75) is 58.2 Å². The summed E-state index contributed by atoms with van der Waals surface area (Å²) in [6.45, 7) is 6.29. The average molecular weight is 342 g/mol. The van der Waals surface area contributed by atoms with E-state index in [2.05, 4.69) is 32.1 Å². The van der Waals surface area contributed by atoms with Gasteiger partial charge in [-0.25, -0.2) is 0 Å². The summed E-state index contributed by atoms with van der Waals surface area (Å²) in [7, 11) is 0. The number of fused-ring (bicyclic) bond motifs is 6. The van der Waals surface area contributed by atoms with Crippen molar-refractivity contribution < 1.29 is 14.3 Å². The van der Waals surface area contributed by atoms with Crippen LogP contribution in [0.25, 0.3) is 0 Å². The molecule has 1 aliphatic heterocycles. The van der Waals surface area contributed by atoms with E-state index >= 15 is 0 Å². The first-order valence-electron chi connectivity index (χ1n) is 10.2. The van der Waals surface area contributed by atoms with Crippen LogP contribution in [0.2, 0.25) is 0 Å². The largest absolute Gasteiger partial charge is 0.347 e. The van der Waals surface area contributed by atoms with Gasteiger partial charge in [-0.2, -0.15) is 0 Å². The van der Waals surface area contributed by atoms with Crippen LogP contribution in [0.4, 0.5) is 0 Å². The molecule has 136 valence electrons. The monoisotopic (exact) mass is 342 g/mol. The lowest BCUT2D eigenvalue weighted by molar-refractivity contribution is -0.243. The van der Waals surface area contributed by atoms with E-state index in [1.165, 1.54) is 31.1 Å². The molecule has 0 aromatic heterocycles. The van der Waals surface area contributed by atoms with Gasteiger partial charge in [-0.15, -0.1) is 0 Å². The predicted octanol–water partition coefficient (Wildman–Crippen LogP) is 4.28. The number of ether oxygens (including phenoxy) is 2. The maximum Gasteiger partial charge on any atom is 0.174 e. The molecule has 1 unspecified atom stereocenters. The number of aldehydes is 1. The third-order valence-corrected chi connectivity index (χ3v) is 8.71. The van der Waals surface area contributed by atoms with Crippen LogP contribution in [0.5, 0.6) is 0 Å². The second-order valence-corrected chi connectivity index (χ2v) is 9.43.